The lowest BCUT2D eigenvalue weighted by molar-refractivity contribution is 0.317. The maximum absolute atomic E-state index is 8.65. The van der Waals surface area contributed by atoms with Crippen LogP contribution in [0.3, 0.4) is 0 Å². The van der Waals surface area contributed by atoms with Gasteiger partial charge < -0.3 is 10.9 Å². The van der Waals surface area contributed by atoms with Crippen molar-refractivity contribution in [2.45, 2.75) is 6.42 Å². The predicted molar refractivity (Wildman–Crippen MR) is 96.1 cm³/mol. The van der Waals surface area contributed by atoms with E-state index in [1.165, 1.54) is 0 Å². The van der Waals surface area contributed by atoms with E-state index in [-0.39, 0.29) is 12.3 Å². The van der Waals surface area contributed by atoms with E-state index in [9.17, 15) is 0 Å². The third kappa shape index (κ3) is 3.37. The second-order valence-corrected chi connectivity index (χ2v) is 5.99. The number of nitrogens with zero attached hydrogens (tertiary/aromatic N) is 3. The summed E-state index contributed by atoms with van der Waals surface area (Å²) < 4.78 is 1.60. The molecule has 0 amide bonds. The van der Waals surface area contributed by atoms with Crippen molar-refractivity contribution in [1.82, 2.24) is 9.78 Å². The Labute approximate surface area is 148 Å². The first-order valence-electron chi connectivity index (χ1n) is 7.13. The molecule has 1 aromatic heterocycles. The molecule has 3 N–H and O–H groups in total. The second-order valence-electron chi connectivity index (χ2n) is 5.20. The van der Waals surface area contributed by atoms with Gasteiger partial charge in [0.25, 0.3) is 0 Å². The fourth-order valence-corrected chi connectivity index (χ4v) is 2.81. The van der Waals surface area contributed by atoms with E-state index < -0.39 is 0 Å². The maximum atomic E-state index is 8.65. The SMILES string of the molecule is N/C(Cc1cnn(-c2ccc(-c3cccc(Cl)c3)cc2)c1Cl)=N\O. The smallest absolute Gasteiger partial charge is 0.143 e. The van der Waals surface area contributed by atoms with Crippen molar-refractivity contribution in [1.29, 1.82) is 0 Å². The van der Waals surface area contributed by atoms with Gasteiger partial charge in [-0.05, 0) is 35.4 Å². The van der Waals surface area contributed by atoms with Crippen molar-refractivity contribution in [2.24, 2.45) is 10.9 Å². The zero-order valence-corrected chi connectivity index (χ0v) is 14.0. The molecule has 0 aliphatic carbocycles. The predicted octanol–water partition coefficient (Wildman–Crippen LogP) is 4.14. The van der Waals surface area contributed by atoms with E-state index in [4.69, 9.17) is 34.1 Å². The Morgan fingerprint density at radius 3 is 2.54 bits per heavy atom. The standard InChI is InChI=1S/C17H14Cl2N4O/c18-14-3-1-2-12(8-14)11-4-6-15(7-5-11)23-17(19)13(10-21-23)9-16(20)22-24/h1-8,10,24H,9H2,(H2,20,22). The summed E-state index contributed by atoms with van der Waals surface area (Å²) in [6.45, 7) is 0. The second kappa shape index (κ2) is 6.95. The number of amidine groups is 1. The normalized spacial score (nSPS) is 11.7. The zero-order chi connectivity index (χ0) is 17.1. The first-order valence-corrected chi connectivity index (χ1v) is 7.89. The number of oxime groups is 1. The summed E-state index contributed by atoms with van der Waals surface area (Å²) in [5, 5.41) is 17.0. The Bertz CT molecular complexity index is 888. The van der Waals surface area contributed by atoms with Crippen molar-refractivity contribution in [3.63, 3.8) is 0 Å². The van der Waals surface area contributed by atoms with Crippen LogP contribution in [0.25, 0.3) is 16.8 Å². The van der Waals surface area contributed by atoms with Gasteiger partial charge in [-0.3, -0.25) is 0 Å². The van der Waals surface area contributed by atoms with Gasteiger partial charge in [0, 0.05) is 17.0 Å². The monoisotopic (exact) mass is 360 g/mol. The minimum atomic E-state index is 0.0766. The summed E-state index contributed by atoms with van der Waals surface area (Å²) in [4.78, 5) is 0. The van der Waals surface area contributed by atoms with Crippen LogP contribution in [0.2, 0.25) is 10.2 Å². The molecule has 0 aliphatic heterocycles. The van der Waals surface area contributed by atoms with Crippen molar-refractivity contribution in [2.75, 3.05) is 0 Å². The highest BCUT2D eigenvalue weighted by atomic mass is 35.5. The highest BCUT2D eigenvalue weighted by Gasteiger charge is 2.12. The van der Waals surface area contributed by atoms with Gasteiger partial charge in [-0.2, -0.15) is 5.10 Å². The summed E-state index contributed by atoms with van der Waals surface area (Å²) in [5.74, 6) is 0.0766. The Morgan fingerprint density at radius 2 is 1.88 bits per heavy atom. The van der Waals surface area contributed by atoms with Gasteiger partial charge in [0.05, 0.1) is 11.9 Å². The maximum Gasteiger partial charge on any atom is 0.143 e. The highest BCUT2D eigenvalue weighted by molar-refractivity contribution is 6.31. The number of nitrogens with two attached hydrogens (primary N) is 1. The first-order chi connectivity index (χ1) is 11.6. The number of hydrogen-bond acceptors (Lipinski definition) is 3. The molecule has 3 aromatic rings. The Balaban J connectivity index is 1.89. The molecule has 2 aromatic carbocycles. The molecule has 0 saturated carbocycles. The minimum Gasteiger partial charge on any atom is -0.409 e. The molecule has 0 atom stereocenters. The van der Waals surface area contributed by atoms with Crippen LogP contribution in [0, 0.1) is 0 Å². The molecular formula is C17H14Cl2N4O. The lowest BCUT2D eigenvalue weighted by Crippen LogP contribution is -2.14. The van der Waals surface area contributed by atoms with Crippen LogP contribution < -0.4 is 5.73 Å². The molecule has 1 heterocycles. The summed E-state index contributed by atoms with van der Waals surface area (Å²) in [6.07, 6.45) is 1.83. The van der Waals surface area contributed by atoms with Crippen molar-refractivity contribution in [3.8, 4) is 16.8 Å². The van der Waals surface area contributed by atoms with Crippen LogP contribution in [0.1, 0.15) is 5.56 Å². The Morgan fingerprint density at radius 1 is 1.12 bits per heavy atom. The number of benzene rings is 2. The summed E-state index contributed by atoms with van der Waals surface area (Å²) in [6, 6.07) is 15.4. The lowest BCUT2D eigenvalue weighted by Gasteiger charge is -2.07. The summed E-state index contributed by atoms with van der Waals surface area (Å²) in [7, 11) is 0. The molecule has 122 valence electrons. The molecule has 7 heteroatoms. The van der Waals surface area contributed by atoms with Gasteiger partial charge in [-0.25, -0.2) is 4.68 Å². The molecule has 0 spiro atoms. The van der Waals surface area contributed by atoms with Crippen molar-refractivity contribution in [3.05, 3.63) is 70.5 Å². The highest BCUT2D eigenvalue weighted by Crippen LogP contribution is 2.25. The number of aromatic nitrogens is 2. The molecule has 0 radical (unpaired) electrons. The van der Waals surface area contributed by atoms with E-state index >= 15 is 0 Å². The van der Waals surface area contributed by atoms with Crippen molar-refractivity contribution >= 4 is 29.0 Å². The molecular weight excluding hydrogens is 347 g/mol. The quantitative estimate of drug-likeness (QED) is 0.317. The largest absolute Gasteiger partial charge is 0.409 e. The average Bonchev–Trinajstić information content (AvgIpc) is 2.95. The Kier molecular flexibility index (Phi) is 4.74. The van der Waals surface area contributed by atoms with Crippen LogP contribution in [0.15, 0.2) is 59.9 Å². The van der Waals surface area contributed by atoms with Crippen LogP contribution in [0.5, 0.6) is 0 Å². The van der Waals surface area contributed by atoms with Gasteiger partial charge >= 0.3 is 0 Å². The van der Waals surface area contributed by atoms with Gasteiger partial charge in [0.15, 0.2) is 0 Å². The fraction of sp³-hybridized carbons (Fsp3) is 0.0588. The third-order valence-corrected chi connectivity index (χ3v) is 4.19. The number of hydrogen-bond donors (Lipinski definition) is 2. The lowest BCUT2D eigenvalue weighted by atomic mass is 10.1. The first kappa shape index (κ1) is 16.4. The number of rotatable bonds is 4. The van der Waals surface area contributed by atoms with E-state index in [1.54, 1.807) is 10.9 Å². The van der Waals surface area contributed by atoms with Crippen molar-refractivity contribution < 1.29 is 5.21 Å². The van der Waals surface area contributed by atoms with Crippen LogP contribution in [-0.4, -0.2) is 20.8 Å². The number of halogens is 2. The van der Waals surface area contributed by atoms with Gasteiger partial charge in [0.2, 0.25) is 0 Å². The molecule has 0 saturated heterocycles. The fourth-order valence-electron chi connectivity index (χ4n) is 2.36. The summed E-state index contributed by atoms with van der Waals surface area (Å²) in [5.41, 5.74) is 9.09. The van der Waals surface area contributed by atoms with Gasteiger partial charge in [-0.1, -0.05) is 52.6 Å². The zero-order valence-electron chi connectivity index (χ0n) is 12.5. The molecule has 0 unspecified atom stereocenters. The van der Waals surface area contributed by atoms with Gasteiger partial charge in [-0.15, -0.1) is 0 Å². The average molecular weight is 361 g/mol. The van der Waals surface area contributed by atoms with E-state index in [0.717, 1.165) is 16.8 Å². The van der Waals surface area contributed by atoms with E-state index in [0.29, 0.717) is 15.7 Å². The molecule has 0 fully saturated rings. The third-order valence-electron chi connectivity index (χ3n) is 3.55. The summed E-state index contributed by atoms with van der Waals surface area (Å²) >= 11 is 12.4. The molecule has 0 aliphatic rings. The molecule has 24 heavy (non-hydrogen) atoms. The Hall–Kier alpha value is -2.50. The molecule has 0 bridgehead atoms. The van der Waals surface area contributed by atoms with E-state index in [1.807, 2.05) is 48.5 Å². The van der Waals surface area contributed by atoms with Crippen LogP contribution >= 0.6 is 23.2 Å². The van der Waals surface area contributed by atoms with Crippen LogP contribution in [0.4, 0.5) is 0 Å². The topological polar surface area (TPSA) is 76.4 Å². The van der Waals surface area contributed by atoms with Gasteiger partial charge in [0.1, 0.15) is 11.0 Å². The molecule has 3 rings (SSSR count). The van der Waals surface area contributed by atoms with E-state index in [2.05, 4.69) is 10.3 Å². The molecule has 5 nitrogen and oxygen atoms in total. The van der Waals surface area contributed by atoms with Crippen LogP contribution in [-0.2, 0) is 6.42 Å². The minimum absolute atomic E-state index is 0.0766.